The number of nitrogens with one attached hydrogen (secondary N) is 3. The number of nitrogens with two attached hydrogens (primary N) is 1. The third-order valence-electron chi connectivity index (χ3n) is 6.99. The van der Waals surface area contributed by atoms with Gasteiger partial charge in [-0.05, 0) is 56.6 Å². The van der Waals surface area contributed by atoms with Crippen LogP contribution in [0.3, 0.4) is 0 Å². The van der Waals surface area contributed by atoms with E-state index in [0.29, 0.717) is 43.9 Å². The van der Waals surface area contributed by atoms with Crippen molar-refractivity contribution in [3.63, 3.8) is 0 Å². The van der Waals surface area contributed by atoms with Gasteiger partial charge in [-0.15, -0.1) is 0 Å². The highest BCUT2D eigenvalue weighted by atomic mass is 19.4. The van der Waals surface area contributed by atoms with E-state index in [1.807, 2.05) is 0 Å². The van der Waals surface area contributed by atoms with Crippen molar-refractivity contribution in [2.24, 2.45) is 5.73 Å². The van der Waals surface area contributed by atoms with E-state index in [9.17, 15) is 44.7 Å². The van der Waals surface area contributed by atoms with Crippen LogP contribution in [0.4, 0.5) is 40.8 Å². The monoisotopic (exact) mass is 628 g/mol. The molecule has 4 rings (SSSR count). The van der Waals surface area contributed by atoms with E-state index in [1.165, 1.54) is 12.1 Å². The molecule has 2 amide bonds. The number of aromatic nitrogens is 2. The van der Waals surface area contributed by atoms with Gasteiger partial charge in [-0.25, -0.2) is 18.7 Å². The van der Waals surface area contributed by atoms with Crippen LogP contribution >= 0.6 is 0 Å². The van der Waals surface area contributed by atoms with Crippen molar-refractivity contribution < 1.29 is 44.7 Å². The fourth-order valence-corrected chi connectivity index (χ4v) is 4.58. The first-order valence-electron chi connectivity index (χ1n) is 12.9. The largest absolute Gasteiger partial charge is 0.433 e. The number of carbonyl (C=O) groups is 2. The molecule has 0 saturated carbocycles. The summed E-state index contributed by atoms with van der Waals surface area (Å²) in [6, 6.07) is 5.50. The third-order valence-corrected chi connectivity index (χ3v) is 6.99. The summed E-state index contributed by atoms with van der Waals surface area (Å²) in [4.78, 5) is 33.7. The van der Waals surface area contributed by atoms with Gasteiger partial charge >= 0.3 is 12.4 Å². The predicted octanol–water partition coefficient (Wildman–Crippen LogP) is 5.07. The van der Waals surface area contributed by atoms with Gasteiger partial charge < -0.3 is 21.7 Å². The summed E-state index contributed by atoms with van der Waals surface area (Å²) in [7, 11) is 0. The molecule has 1 aliphatic rings. The van der Waals surface area contributed by atoms with Crippen LogP contribution in [0.15, 0.2) is 60.1 Å². The van der Waals surface area contributed by atoms with Crippen LogP contribution in [-0.4, -0.2) is 33.9 Å². The first kappa shape index (κ1) is 32.3. The average Bonchev–Trinajstić information content (AvgIpc) is 3.41. The zero-order valence-electron chi connectivity index (χ0n) is 22.8. The lowest BCUT2D eigenvalue weighted by molar-refractivity contribution is -0.141. The molecule has 1 saturated heterocycles. The number of carbonyl (C=O) groups excluding carboxylic acids is 2. The molecule has 8 nitrogen and oxygen atoms in total. The van der Waals surface area contributed by atoms with Crippen LogP contribution in [0.1, 0.15) is 36.6 Å². The Balaban J connectivity index is 1.76. The van der Waals surface area contributed by atoms with E-state index < -0.39 is 81.7 Å². The minimum Gasteiger partial charge on any atom is -0.400 e. The molecule has 2 aromatic carbocycles. The highest BCUT2D eigenvalue weighted by molar-refractivity contribution is 6.24. The number of amides is 2. The van der Waals surface area contributed by atoms with Gasteiger partial charge in [0.05, 0.1) is 22.5 Å². The van der Waals surface area contributed by atoms with E-state index in [-0.39, 0.29) is 11.3 Å². The van der Waals surface area contributed by atoms with Gasteiger partial charge in [-0.3, -0.25) is 9.59 Å². The van der Waals surface area contributed by atoms with Crippen molar-refractivity contribution in [3.8, 4) is 11.3 Å². The Hall–Kier alpha value is -4.60. The van der Waals surface area contributed by atoms with Crippen molar-refractivity contribution in [3.05, 3.63) is 88.5 Å². The molecule has 1 aliphatic heterocycles. The first-order valence-corrected chi connectivity index (χ1v) is 12.9. The lowest BCUT2D eigenvalue weighted by Crippen LogP contribution is -2.46. The Labute approximate surface area is 244 Å². The Bertz CT molecular complexity index is 1610. The molecule has 2 heterocycles. The molecule has 1 fully saturated rings. The number of hydrogen-bond acceptors (Lipinski definition) is 6. The maximum absolute atomic E-state index is 14.2. The Morgan fingerprint density at radius 2 is 1.73 bits per heavy atom. The van der Waals surface area contributed by atoms with Crippen LogP contribution in [0.25, 0.3) is 11.3 Å². The van der Waals surface area contributed by atoms with Gasteiger partial charge in [0.15, 0.2) is 11.6 Å². The molecule has 5 N–H and O–H groups in total. The molecule has 0 bridgehead atoms. The molecule has 1 atom stereocenters. The molecule has 0 radical (unpaired) electrons. The van der Waals surface area contributed by atoms with E-state index >= 15 is 0 Å². The molecule has 44 heavy (non-hydrogen) atoms. The lowest BCUT2D eigenvalue weighted by Gasteiger charge is -2.27. The van der Waals surface area contributed by atoms with Gasteiger partial charge in [0, 0.05) is 23.4 Å². The lowest BCUT2D eigenvalue weighted by atomic mass is 9.91. The summed E-state index contributed by atoms with van der Waals surface area (Å²) in [5.41, 5.74) is -0.320. The van der Waals surface area contributed by atoms with Gasteiger partial charge in [0.2, 0.25) is 0 Å². The number of rotatable bonds is 7. The number of anilines is 1. The second kappa shape index (κ2) is 12.2. The number of alkyl halides is 6. The van der Waals surface area contributed by atoms with Gasteiger partial charge in [-0.1, -0.05) is 12.1 Å². The topological polar surface area (TPSA) is 122 Å². The molecular formula is C28H24F8N6O2. The summed E-state index contributed by atoms with van der Waals surface area (Å²) in [6.45, 7) is 1.51. The molecule has 0 aliphatic carbocycles. The smallest absolute Gasteiger partial charge is 0.400 e. The zero-order valence-corrected chi connectivity index (χ0v) is 22.8. The standard InChI is InChI=1S/C28H24F8N6O2/c1-26(8-3-9-41-26)23(37)21(24(43)38-12-14-4-2-5-17(29)22(14)30)25(44)42-18-7-6-15(27(31,32)33)10-16(18)19-11-20(28(34,35)36)40-13-39-19/h2,4-7,10-11,13,41H,3,8-9,12,37H2,1H3,(H,38,43)(H,42,44)/b23-21-/t26-/m1/s1. The maximum Gasteiger partial charge on any atom is 0.433 e. The molecule has 0 spiro atoms. The number of hydrogen-bond donors (Lipinski definition) is 4. The molecule has 16 heteroatoms. The highest BCUT2D eigenvalue weighted by Crippen LogP contribution is 2.37. The van der Waals surface area contributed by atoms with Gasteiger partial charge in [0.1, 0.15) is 17.6 Å². The first-order chi connectivity index (χ1) is 20.5. The van der Waals surface area contributed by atoms with Crippen LogP contribution in [0, 0.1) is 11.6 Å². The maximum atomic E-state index is 14.2. The fourth-order valence-electron chi connectivity index (χ4n) is 4.58. The quantitative estimate of drug-likeness (QED) is 0.126. The molecule has 1 aromatic heterocycles. The molecular weight excluding hydrogens is 604 g/mol. The fraction of sp³-hybridized carbons (Fsp3) is 0.286. The van der Waals surface area contributed by atoms with Gasteiger partial charge in [-0.2, -0.15) is 26.3 Å². The molecule has 234 valence electrons. The Morgan fingerprint density at radius 3 is 2.36 bits per heavy atom. The van der Waals surface area contributed by atoms with E-state index in [2.05, 4.69) is 25.9 Å². The average molecular weight is 629 g/mol. The summed E-state index contributed by atoms with van der Waals surface area (Å²) < 4.78 is 108. The number of halogens is 8. The normalized spacial score (nSPS) is 17.7. The SMILES string of the molecule is C[C@]1(/C(N)=C(\C(=O)NCc2cccc(F)c2F)C(=O)Nc2ccc(C(F)(F)F)cc2-c2cc(C(F)(F)F)ncn2)CCCN1. The summed E-state index contributed by atoms with van der Waals surface area (Å²) in [5, 5.41) is 7.60. The van der Waals surface area contributed by atoms with Crippen molar-refractivity contribution >= 4 is 17.5 Å². The molecule has 3 aromatic rings. The minimum atomic E-state index is -4.96. The van der Waals surface area contributed by atoms with Gasteiger partial charge in [0.25, 0.3) is 11.8 Å². The Morgan fingerprint density at radius 1 is 1.00 bits per heavy atom. The van der Waals surface area contributed by atoms with Crippen LogP contribution in [0.5, 0.6) is 0 Å². The van der Waals surface area contributed by atoms with E-state index in [0.717, 1.165) is 12.1 Å². The van der Waals surface area contributed by atoms with Crippen LogP contribution < -0.4 is 21.7 Å². The summed E-state index contributed by atoms with van der Waals surface area (Å²) in [5.74, 6) is -4.78. The van der Waals surface area contributed by atoms with Crippen molar-refractivity contribution in [1.82, 2.24) is 20.6 Å². The number of nitrogens with zero attached hydrogens (tertiary/aromatic N) is 2. The summed E-state index contributed by atoms with van der Waals surface area (Å²) >= 11 is 0. The predicted molar refractivity (Wildman–Crippen MR) is 141 cm³/mol. The van der Waals surface area contributed by atoms with Crippen molar-refractivity contribution in [2.75, 3.05) is 11.9 Å². The van der Waals surface area contributed by atoms with Crippen molar-refractivity contribution in [1.29, 1.82) is 0 Å². The van der Waals surface area contributed by atoms with Crippen LogP contribution in [-0.2, 0) is 28.5 Å². The third kappa shape index (κ3) is 6.96. The number of benzene rings is 2. The summed E-state index contributed by atoms with van der Waals surface area (Å²) in [6.07, 6.45) is -8.38. The highest BCUT2D eigenvalue weighted by Gasteiger charge is 2.38. The van der Waals surface area contributed by atoms with E-state index in [1.54, 1.807) is 6.92 Å². The minimum absolute atomic E-state index is 0.254. The van der Waals surface area contributed by atoms with E-state index in [4.69, 9.17) is 5.73 Å². The zero-order chi connectivity index (χ0) is 32.4. The van der Waals surface area contributed by atoms with Crippen LogP contribution in [0.2, 0.25) is 0 Å². The molecule has 0 unspecified atom stereocenters. The second-order valence-electron chi connectivity index (χ2n) is 10.0. The second-order valence-corrected chi connectivity index (χ2v) is 10.0. The van der Waals surface area contributed by atoms with Crippen molar-refractivity contribution in [2.45, 2.75) is 44.2 Å². The Kier molecular flexibility index (Phi) is 8.95.